The van der Waals surface area contributed by atoms with Crippen molar-refractivity contribution in [3.8, 4) is 0 Å². The van der Waals surface area contributed by atoms with Crippen LogP contribution in [0.1, 0.15) is 40.0 Å². The van der Waals surface area contributed by atoms with E-state index >= 15 is 0 Å². The van der Waals surface area contributed by atoms with E-state index in [0.29, 0.717) is 17.7 Å². The molecule has 0 aliphatic carbocycles. The van der Waals surface area contributed by atoms with Crippen molar-refractivity contribution in [1.29, 1.82) is 0 Å². The molecule has 84 valence electrons. The molecule has 0 amide bonds. The molecule has 0 atom stereocenters. The highest BCUT2D eigenvalue weighted by Crippen LogP contribution is 2.16. The van der Waals surface area contributed by atoms with Gasteiger partial charge in [-0.15, -0.1) is 0 Å². The van der Waals surface area contributed by atoms with Gasteiger partial charge in [-0.25, -0.2) is 0 Å². The van der Waals surface area contributed by atoms with E-state index in [1.807, 2.05) is 0 Å². The summed E-state index contributed by atoms with van der Waals surface area (Å²) in [5, 5.41) is 14.5. The molecular weight excluding hydrogens is 178 g/mol. The Morgan fingerprint density at radius 1 is 1.36 bits per heavy atom. The number of amidine groups is 1. The average Bonchev–Trinajstić information content (AvgIpc) is 2.08. The van der Waals surface area contributed by atoms with E-state index in [9.17, 15) is 0 Å². The maximum atomic E-state index is 8.29. The Labute approximate surface area is 86.6 Å². The van der Waals surface area contributed by atoms with Crippen LogP contribution in [0.4, 0.5) is 0 Å². The molecule has 14 heavy (non-hydrogen) atoms. The molecule has 0 radical (unpaired) electrons. The van der Waals surface area contributed by atoms with Crippen molar-refractivity contribution < 1.29 is 5.21 Å². The lowest BCUT2D eigenvalue weighted by molar-refractivity contribution is 0.316. The fourth-order valence-electron chi connectivity index (χ4n) is 1.03. The zero-order valence-electron chi connectivity index (χ0n) is 9.51. The number of nitrogens with one attached hydrogen (secondary N) is 1. The second kappa shape index (κ2) is 6.65. The summed E-state index contributed by atoms with van der Waals surface area (Å²) in [4.78, 5) is 0. The summed E-state index contributed by atoms with van der Waals surface area (Å²) in [5.74, 6) is 0.308. The number of nitrogens with zero attached hydrogens (tertiary/aromatic N) is 1. The first kappa shape index (κ1) is 13.2. The lowest BCUT2D eigenvalue weighted by atomic mass is 9.92. The van der Waals surface area contributed by atoms with Crippen LogP contribution < -0.4 is 11.1 Å². The van der Waals surface area contributed by atoms with Gasteiger partial charge in [0, 0.05) is 6.42 Å². The van der Waals surface area contributed by atoms with Crippen LogP contribution in [0.5, 0.6) is 0 Å². The first-order chi connectivity index (χ1) is 6.45. The molecular formula is C10H23N3O. The first-order valence-electron chi connectivity index (χ1n) is 5.13. The molecule has 0 heterocycles. The predicted molar refractivity (Wildman–Crippen MR) is 59.6 cm³/mol. The van der Waals surface area contributed by atoms with Gasteiger partial charge in [-0.2, -0.15) is 0 Å². The van der Waals surface area contributed by atoms with Crippen LogP contribution >= 0.6 is 0 Å². The minimum absolute atomic E-state index is 0.308. The Morgan fingerprint density at radius 3 is 2.50 bits per heavy atom. The Kier molecular flexibility index (Phi) is 6.28. The molecule has 4 nitrogen and oxygen atoms in total. The van der Waals surface area contributed by atoms with Gasteiger partial charge in [0.2, 0.25) is 0 Å². The van der Waals surface area contributed by atoms with Gasteiger partial charge in [-0.05, 0) is 31.3 Å². The van der Waals surface area contributed by atoms with Crippen molar-refractivity contribution in [2.24, 2.45) is 16.3 Å². The molecule has 0 aromatic heterocycles. The van der Waals surface area contributed by atoms with E-state index in [4.69, 9.17) is 10.9 Å². The van der Waals surface area contributed by atoms with E-state index in [1.165, 1.54) is 0 Å². The van der Waals surface area contributed by atoms with Crippen molar-refractivity contribution >= 4 is 5.84 Å². The molecule has 4 N–H and O–H groups in total. The molecule has 0 aromatic rings. The third-order valence-corrected chi connectivity index (χ3v) is 1.97. The first-order valence-corrected chi connectivity index (χ1v) is 5.13. The highest BCUT2D eigenvalue weighted by atomic mass is 16.4. The molecule has 4 heteroatoms. The summed E-state index contributed by atoms with van der Waals surface area (Å²) >= 11 is 0. The Balaban J connectivity index is 3.23. The molecule has 0 bridgehead atoms. The molecule has 0 rings (SSSR count). The number of nitrogens with two attached hydrogens (primary N) is 1. The fraction of sp³-hybridized carbons (Fsp3) is 0.900. The second-order valence-electron chi connectivity index (χ2n) is 4.76. The van der Waals surface area contributed by atoms with Gasteiger partial charge in [0.15, 0.2) is 0 Å². The molecule has 0 saturated carbocycles. The van der Waals surface area contributed by atoms with Gasteiger partial charge in [0.1, 0.15) is 5.84 Å². The van der Waals surface area contributed by atoms with Crippen molar-refractivity contribution in [2.75, 3.05) is 13.1 Å². The van der Waals surface area contributed by atoms with Crippen molar-refractivity contribution in [3.63, 3.8) is 0 Å². The third-order valence-electron chi connectivity index (χ3n) is 1.97. The largest absolute Gasteiger partial charge is 0.409 e. The van der Waals surface area contributed by atoms with Crippen LogP contribution in [0.25, 0.3) is 0 Å². The molecule has 0 fully saturated rings. The fourth-order valence-corrected chi connectivity index (χ4v) is 1.03. The number of oxime groups is 1. The van der Waals surface area contributed by atoms with Gasteiger partial charge >= 0.3 is 0 Å². The topological polar surface area (TPSA) is 70.6 Å². The van der Waals surface area contributed by atoms with Crippen LogP contribution in [0.2, 0.25) is 0 Å². The smallest absolute Gasteiger partial charge is 0.139 e. The molecule has 0 aliphatic heterocycles. The van der Waals surface area contributed by atoms with E-state index in [-0.39, 0.29) is 0 Å². The lowest BCUT2D eigenvalue weighted by Gasteiger charge is -2.17. The van der Waals surface area contributed by atoms with Crippen LogP contribution in [0, 0.1) is 5.41 Å². The summed E-state index contributed by atoms with van der Waals surface area (Å²) in [5.41, 5.74) is 5.72. The van der Waals surface area contributed by atoms with Crippen molar-refractivity contribution in [3.05, 3.63) is 0 Å². The van der Waals surface area contributed by atoms with Gasteiger partial charge in [0.25, 0.3) is 0 Å². The maximum Gasteiger partial charge on any atom is 0.139 e. The Bertz CT molecular complexity index is 173. The van der Waals surface area contributed by atoms with Gasteiger partial charge < -0.3 is 16.3 Å². The van der Waals surface area contributed by atoms with Crippen LogP contribution in [0.15, 0.2) is 5.16 Å². The standard InChI is InChI=1S/C10H23N3O/c1-10(2,3)6-8-12-7-4-5-9(11)13-14/h12,14H,4-8H2,1-3H3,(H2,11,13). The molecule has 0 saturated heterocycles. The predicted octanol–water partition coefficient (Wildman–Crippen LogP) is 1.54. The SMILES string of the molecule is CC(C)(C)CCNCCCC(N)=NO. The van der Waals surface area contributed by atoms with E-state index < -0.39 is 0 Å². The number of hydrogen-bond donors (Lipinski definition) is 3. The zero-order chi connectivity index (χ0) is 11.0. The van der Waals surface area contributed by atoms with Crippen LogP contribution in [-0.2, 0) is 0 Å². The molecule has 0 spiro atoms. The number of rotatable bonds is 6. The van der Waals surface area contributed by atoms with Gasteiger partial charge in [-0.3, -0.25) is 0 Å². The summed E-state index contributed by atoms with van der Waals surface area (Å²) in [7, 11) is 0. The monoisotopic (exact) mass is 201 g/mol. The normalized spacial score (nSPS) is 13.2. The maximum absolute atomic E-state index is 8.29. The summed E-state index contributed by atoms with van der Waals surface area (Å²) < 4.78 is 0. The molecule has 0 aliphatic rings. The molecule has 0 unspecified atom stereocenters. The lowest BCUT2D eigenvalue weighted by Crippen LogP contribution is -2.22. The van der Waals surface area contributed by atoms with E-state index in [1.54, 1.807) is 0 Å². The average molecular weight is 201 g/mol. The highest BCUT2D eigenvalue weighted by molar-refractivity contribution is 5.79. The minimum atomic E-state index is 0.308. The number of hydrogen-bond acceptors (Lipinski definition) is 3. The van der Waals surface area contributed by atoms with Gasteiger partial charge in [-0.1, -0.05) is 25.9 Å². The summed E-state index contributed by atoms with van der Waals surface area (Å²) in [6, 6.07) is 0. The highest BCUT2D eigenvalue weighted by Gasteiger charge is 2.08. The summed E-state index contributed by atoms with van der Waals surface area (Å²) in [6.45, 7) is 8.63. The quantitative estimate of drug-likeness (QED) is 0.201. The Morgan fingerprint density at radius 2 is 2.00 bits per heavy atom. The second-order valence-corrected chi connectivity index (χ2v) is 4.76. The zero-order valence-corrected chi connectivity index (χ0v) is 9.51. The third kappa shape index (κ3) is 9.32. The van der Waals surface area contributed by atoms with Crippen molar-refractivity contribution in [1.82, 2.24) is 5.32 Å². The van der Waals surface area contributed by atoms with E-state index in [2.05, 4.69) is 31.2 Å². The molecule has 0 aromatic carbocycles. The van der Waals surface area contributed by atoms with Crippen molar-refractivity contribution in [2.45, 2.75) is 40.0 Å². The van der Waals surface area contributed by atoms with Gasteiger partial charge in [0.05, 0.1) is 0 Å². The minimum Gasteiger partial charge on any atom is -0.409 e. The van der Waals surface area contributed by atoms with E-state index in [0.717, 1.165) is 25.9 Å². The summed E-state index contributed by atoms with van der Waals surface area (Å²) in [6.07, 6.45) is 2.73. The van der Waals surface area contributed by atoms with Crippen LogP contribution in [-0.4, -0.2) is 24.1 Å². The Hall–Kier alpha value is -0.770. The van der Waals surface area contributed by atoms with Crippen LogP contribution in [0.3, 0.4) is 0 Å².